The highest BCUT2D eigenvalue weighted by atomic mass is 127. The van der Waals surface area contributed by atoms with Gasteiger partial charge in [0.25, 0.3) is 5.56 Å². The Hall–Kier alpha value is -0.670. The first-order valence-electron chi connectivity index (χ1n) is 5.79. The predicted octanol–water partition coefficient (Wildman–Crippen LogP) is -0.307. The third kappa shape index (κ3) is 2.52. The number of aromatic amines is 1. The monoisotopic (exact) mass is 366 g/mol. The van der Waals surface area contributed by atoms with Crippen LogP contribution in [-0.4, -0.2) is 33.0 Å². The third-order valence-electron chi connectivity index (χ3n) is 3.60. The van der Waals surface area contributed by atoms with Crippen LogP contribution in [0.25, 0.3) is 0 Å². The smallest absolute Gasteiger partial charge is 0.328 e. The Morgan fingerprint density at radius 3 is 2.33 bits per heavy atom. The topological polar surface area (TPSA) is 95.3 Å². The zero-order valence-corrected chi connectivity index (χ0v) is 11.8. The summed E-state index contributed by atoms with van der Waals surface area (Å²) in [5, 5.41) is 18.5. The van der Waals surface area contributed by atoms with Gasteiger partial charge in [-0.1, -0.05) is 0 Å². The van der Waals surface area contributed by atoms with Gasteiger partial charge in [0.05, 0.1) is 3.57 Å². The maximum Gasteiger partial charge on any atom is 0.328 e. The quantitative estimate of drug-likeness (QED) is 0.640. The van der Waals surface area contributed by atoms with Crippen molar-refractivity contribution in [2.24, 2.45) is 11.8 Å². The lowest BCUT2D eigenvalue weighted by molar-refractivity contribution is 0.141. The molecule has 1 aromatic heterocycles. The number of hydrogen-bond acceptors (Lipinski definition) is 4. The second-order valence-electron chi connectivity index (χ2n) is 4.65. The summed E-state index contributed by atoms with van der Waals surface area (Å²) in [7, 11) is 0. The summed E-state index contributed by atoms with van der Waals surface area (Å²) in [5.41, 5.74) is -0.812. The van der Waals surface area contributed by atoms with Crippen molar-refractivity contribution >= 4 is 22.6 Å². The highest BCUT2D eigenvalue weighted by Crippen LogP contribution is 2.38. The normalized spacial score (nSPS) is 27.6. The fourth-order valence-corrected chi connectivity index (χ4v) is 3.02. The number of halogens is 1. The van der Waals surface area contributed by atoms with Crippen molar-refractivity contribution in [1.82, 2.24) is 9.55 Å². The largest absolute Gasteiger partial charge is 0.396 e. The van der Waals surface area contributed by atoms with Crippen LogP contribution in [-0.2, 0) is 0 Å². The molecule has 2 atom stereocenters. The summed E-state index contributed by atoms with van der Waals surface area (Å²) in [6, 6.07) is -0.0721. The molecule has 0 bridgehead atoms. The van der Waals surface area contributed by atoms with E-state index in [-0.39, 0.29) is 36.7 Å². The zero-order valence-electron chi connectivity index (χ0n) is 9.67. The Morgan fingerprint density at radius 2 is 1.83 bits per heavy atom. The summed E-state index contributed by atoms with van der Waals surface area (Å²) >= 11 is 1.88. The van der Waals surface area contributed by atoms with E-state index in [0.29, 0.717) is 16.4 Å². The van der Waals surface area contributed by atoms with E-state index in [9.17, 15) is 19.8 Å². The molecule has 1 aromatic rings. The molecule has 1 aliphatic carbocycles. The average molecular weight is 366 g/mol. The van der Waals surface area contributed by atoms with Gasteiger partial charge in [-0.2, -0.15) is 0 Å². The predicted molar refractivity (Wildman–Crippen MR) is 73.5 cm³/mol. The molecular weight excluding hydrogens is 351 g/mol. The Morgan fingerprint density at radius 1 is 1.28 bits per heavy atom. The highest BCUT2D eigenvalue weighted by Gasteiger charge is 2.34. The van der Waals surface area contributed by atoms with Gasteiger partial charge in [0, 0.05) is 25.5 Å². The number of H-pyrrole nitrogens is 1. The second-order valence-corrected chi connectivity index (χ2v) is 5.82. The molecule has 1 aliphatic rings. The summed E-state index contributed by atoms with van der Waals surface area (Å²) in [5.74, 6) is 0.0213. The maximum absolute atomic E-state index is 11.7. The molecule has 0 spiro atoms. The summed E-state index contributed by atoms with van der Waals surface area (Å²) in [6.07, 6.45) is 2.83. The number of aliphatic hydroxyl groups is 2. The Balaban J connectivity index is 2.31. The van der Waals surface area contributed by atoms with Gasteiger partial charge in [-0.15, -0.1) is 0 Å². The fraction of sp³-hybridized carbons (Fsp3) is 0.636. The molecule has 1 saturated carbocycles. The average Bonchev–Trinajstić information content (AvgIpc) is 2.76. The fourth-order valence-electron chi connectivity index (χ4n) is 2.59. The molecule has 18 heavy (non-hydrogen) atoms. The Labute approximate surface area is 117 Å². The zero-order chi connectivity index (χ0) is 13.3. The summed E-state index contributed by atoms with van der Waals surface area (Å²) < 4.78 is 1.96. The van der Waals surface area contributed by atoms with E-state index >= 15 is 0 Å². The van der Waals surface area contributed by atoms with Crippen LogP contribution in [0.3, 0.4) is 0 Å². The molecule has 0 radical (unpaired) electrons. The molecule has 0 aromatic carbocycles. The lowest BCUT2D eigenvalue weighted by Gasteiger charge is -2.13. The highest BCUT2D eigenvalue weighted by molar-refractivity contribution is 14.1. The van der Waals surface area contributed by atoms with E-state index < -0.39 is 5.69 Å². The molecule has 2 unspecified atom stereocenters. The molecule has 7 heteroatoms. The van der Waals surface area contributed by atoms with Crippen LogP contribution in [0.4, 0.5) is 0 Å². The van der Waals surface area contributed by atoms with Crippen molar-refractivity contribution in [3.63, 3.8) is 0 Å². The van der Waals surface area contributed by atoms with Gasteiger partial charge in [0.15, 0.2) is 0 Å². The van der Waals surface area contributed by atoms with Gasteiger partial charge in [-0.3, -0.25) is 14.3 Å². The molecule has 100 valence electrons. The van der Waals surface area contributed by atoms with Gasteiger partial charge in [-0.05, 0) is 47.3 Å². The molecule has 0 amide bonds. The van der Waals surface area contributed by atoms with E-state index in [4.69, 9.17) is 0 Å². The molecule has 2 rings (SSSR count). The first-order chi connectivity index (χ1) is 8.56. The first-order valence-corrected chi connectivity index (χ1v) is 6.87. The third-order valence-corrected chi connectivity index (χ3v) is 4.37. The molecular formula is C11H15IN2O4. The van der Waals surface area contributed by atoms with Gasteiger partial charge in [0.1, 0.15) is 0 Å². The molecule has 0 saturated heterocycles. The van der Waals surface area contributed by atoms with Crippen LogP contribution in [0, 0.1) is 15.4 Å². The summed E-state index contributed by atoms with van der Waals surface area (Å²) in [6.45, 7) is 0.0217. The van der Waals surface area contributed by atoms with Crippen LogP contribution in [0.2, 0.25) is 0 Å². The van der Waals surface area contributed by atoms with E-state index in [1.807, 2.05) is 22.6 Å². The molecule has 6 nitrogen and oxygen atoms in total. The number of nitrogens with one attached hydrogen (secondary N) is 1. The number of hydrogen-bond donors (Lipinski definition) is 3. The van der Waals surface area contributed by atoms with Crippen molar-refractivity contribution in [1.29, 1.82) is 0 Å². The van der Waals surface area contributed by atoms with Crippen LogP contribution < -0.4 is 11.2 Å². The van der Waals surface area contributed by atoms with Gasteiger partial charge in [-0.25, -0.2) is 4.79 Å². The van der Waals surface area contributed by atoms with Gasteiger partial charge < -0.3 is 10.2 Å². The SMILES string of the molecule is O=c1[nH]c(=O)n(C2CC(CO)C(CO)C2)cc1I. The van der Waals surface area contributed by atoms with E-state index in [1.54, 1.807) is 6.20 Å². The lowest BCUT2D eigenvalue weighted by Crippen LogP contribution is -2.33. The van der Waals surface area contributed by atoms with Crippen molar-refractivity contribution in [3.8, 4) is 0 Å². The molecule has 1 fully saturated rings. The van der Waals surface area contributed by atoms with Gasteiger partial charge >= 0.3 is 5.69 Å². The lowest BCUT2D eigenvalue weighted by atomic mass is 9.98. The van der Waals surface area contributed by atoms with E-state index in [0.717, 1.165) is 0 Å². The minimum atomic E-state index is -0.430. The Kier molecular flexibility index (Phi) is 4.23. The van der Waals surface area contributed by atoms with Crippen LogP contribution >= 0.6 is 22.6 Å². The minimum absolute atomic E-state index is 0.0106. The number of nitrogens with zero attached hydrogens (tertiary/aromatic N) is 1. The summed E-state index contributed by atoms with van der Waals surface area (Å²) in [4.78, 5) is 25.3. The van der Waals surface area contributed by atoms with Gasteiger partial charge in [0.2, 0.25) is 0 Å². The van der Waals surface area contributed by atoms with E-state index in [2.05, 4.69) is 4.98 Å². The van der Waals surface area contributed by atoms with Crippen molar-refractivity contribution in [2.75, 3.05) is 13.2 Å². The van der Waals surface area contributed by atoms with Crippen molar-refractivity contribution < 1.29 is 10.2 Å². The standard InChI is InChI=1S/C11H15IN2O4/c12-9-3-14(11(18)13-10(9)17)8-1-6(4-15)7(2-8)5-16/h3,6-8,15-16H,1-2,4-5H2,(H,13,17,18). The van der Waals surface area contributed by atoms with Crippen LogP contribution in [0.1, 0.15) is 18.9 Å². The Bertz CT molecular complexity index is 527. The van der Waals surface area contributed by atoms with E-state index in [1.165, 1.54) is 4.57 Å². The number of aromatic nitrogens is 2. The van der Waals surface area contributed by atoms with Crippen molar-refractivity contribution in [3.05, 3.63) is 30.6 Å². The maximum atomic E-state index is 11.7. The van der Waals surface area contributed by atoms with Crippen molar-refractivity contribution in [2.45, 2.75) is 18.9 Å². The second kappa shape index (κ2) is 5.54. The number of rotatable bonds is 3. The van der Waals surface area contributed by atoms with Crippen LogP contribution in [0.15, 0.2) is 15.8 Å². The molecule has 3 N–H and O–H groups in total. The molecule has 1 heterocycles. The minimum Gasteiger partial charge on any atom is -0.396 e. The van der Waals surface area contributed by atoms with Crippen LogP contribution in [0.5, 0.6) is 0 Å². The number of aliphatic hydroxyl groups excluding tert-OH is 2. The first kappa shape index (κ1) is 13.8. The molecule has 0 aliphatic heterocycles.